The predicted octanol–water partition coefficient (Wildman–Crippen LogP) is 1.62. The maximum absolute atomic E-state index is 12.3. The molecule has 1 N–H and O–H groups in total. The third kappa shape index (κ3) is 1.90. The van der Waals surface area contributed by atoms with Gasteiger partial charge in [0.2, 0.25) is 0 Å². The fourth-order valence-electron chi connectivity index (χ4n) is 4.47. The summed E-state index contributed by atoms with van der Waals surface area (Å²) in [6.07, 6.45) is 4.52. The highest BCUT2D eigenvalue weighted by Gasteiger charge is 2.64. The Balaban J connectivity index is 1.99. The summed E-state index contributed by atoms with van der Waals surface area (Å²) >= 11 is 0. The molecule has 5 heteroatoms. The van der Waals surface area contributed by atoms with Crippen molar-refractivity contribution in [2.45, 2.75) is 56.8 Å². The normalized spacial score (nSPS) is 43.2. The summed E-state index contributed by atoms with van der Waals surface area (Å²) in [5.74, 6) is -1.43. The van der Waals surface area contributed by atoms with Crippen LogP contribution in [0, 0.1) is 11.3 Å². The van der Waals surface area contributed by atoms with Crippen LogP contribution in [0.15, 0.2) is 0 Å². The minimum Gasteiger partial charge on any atom is -0.469 e. The second-order valence-electron chi connectivity index (χ2n) is 6.72. The standard InChI is InChI=1S/C15H24O5/c1-13-5-3-4-6-14(13,17)10-15(19-7-8-20-15)9-11(13)12(16)18-2/h11,17H,3-10H2,1-2H3/t11-,13-,14-/m1/s1. The van der Waals surface area contributed by atoms with Crippen LogP contribution >= 0.6 is 0 Å². The number of carbonyl (C=O) groups excluding carboxylic acids is 1. The second-order valence-corrected chi connectivity index (χ2v) is 6.72. The maximum Gasteiger partial charge on any atom is 0.309 e. The first-order valence-corrected chi connectivity index (χ1v) is 7.53. The lowest BCUT2D eigenvalue weighted by molar-refractivity contribution is -0.279. The highest BCUT2D eigenvalue weighted by molar-refractivity contribution is 5.74. The van der Waals surface area contributed by atoms with Gasteiger partial charge in [-0.25, -0.2) is 0 Å². The van der Waals surface area contributed by atoms with Gasteiger partial charge in [0.15, 0.2) is 5.79 Å². The minimum atomic E-state index is -0.910. The van der Waals surface area contributed by atoms with Gasteiger partial charge < -0.3 is 19.3 Å². The molecule has 3 fully saturated rings. The van der Waals surface area contributed by atoms with Crippen LogP contribution in [-0.4, -0.2) is 42.8 Å². The molecule has 0 aromatic rings. The molecule has 20 heavy (non-hydrogen) atoms. The zero-order valence-corrected chi connectivity index (χ0v) is 12.3. The van der Waals surface area contributed by atoms with E-state index in [1.54, 1.807) is 0 Å². The SMILES string of the molecule is COC(=O)[C@H]1CC2(C[C@]3(O)CCCC[C@]13C)OCCO2. The van der Waals surface area contributed by atoms with Gasteiger partial charge in [0.1, 0.15) is 0 Å². The van der Waals surface area contributed by atoms with Crippen LogP contribution in [0.4, 0.5) is 0 Å². The van der Waals surface area contributed by atoms with Gasteiger partial charge in [-0.3, -0.25) is 4.79 Å². The van der Waals surface area contributed by atoms with Crippen molar-refractivity contribution < 1.29 is 24.1 Å². The van der Waals surface area contributed by atoms with E-state index in [-0.39, 0.29) is 11.9 Å². The Bertz CT molecular complexity index is 403. The van der Waals surface area contributed by atoms with Crippen LogP contribution in [0.2, 0.25) is 0 Å². The first-order chi connectivity index (χ1) is 9.45. The zero-order chi connectivity index (χ0) is 14.4. The summed E-state index contributed by atoms with van der Waals surface area (Å²) in [6, 6.07) is 0. The Morgan fingerprint density at radius 3 is 2.55 bits per heavy atom. The maximum atomic E-state index is 12.3. The molecule has 1 aliphatic heterocycles. The summed E-state index contributed by atoms with van der Waals surface area (Å²) in [5, 5.41) is 11.2. The van der Waals surface area contributed by atoms with E-state index in [0.29, 0.717) is 32.5 Å². The highest BCUT2D eigenvalue weighted by Crippen LogP contribution is 2.59. The Labute approximate surface area is 119 Å². The van der Waals surface area contributed by atoms with Gasteiger partial charge in [-0.1, -0.05) is 19.8 Å². The van der Waals surface area contributed by atoms with Crippen molar-refractivity contribution in [1.82, 2.24) is 0 Å². The number of methoxy groups -OCH3 is 1. The van der Waals surface area contributed by atoms with Gasteiger partial charge in [0.05, 0.1) is 31.8 Å². The number of rotatable bonds is 1. The Hall–Kier alpha value is -0.650. The van der Waals surface area contributed by atoms with Crippen LogP contribution in [0.1, 0.15) is 45.4 Å². The first-order valence-electron chi connectivity index (χ1n) is 7.53. The molecule has 0 bridgehead atoms. The molecule has 1 spiro atoms. The quantitative estimate of drug-likeness (QED) is 0.741. The molecular weight excluding hydrogens is 260 g/mol. The van der Waals surface area contributed by atoms with E-state index in [9.17, 15) is 9.90 Å². The van der Waals surface area contributed by atoms with E-state index >= 15 is 0 Å². The van der Waals surface area contributed by atoms with Crippen molar-refractivity contribution in [2.24, 2.45) is 11.3 Å². The van der Waals surface area contributed by atoms with Gasteiger partial charge in [0.25, 0.3) is 0 Å². The van der Waals surface area contributed by atoms with Gasteiger partial charge in [-0.15, -0.1) is 0 Å². The molecule has 2 aliphatic carbocycles. The van der Waals surface area contributed by atoms with Gasteiger partial charge in [0, 0.05) is 18.3 Å². The van der Waals surface area contributed by atoms with E-state index < -0.39 is 16.8 Å². The molecule has 0 aromatic heterocycles. The first kappa shape index (κ1) is 14.3. The summed E-state index contributed by atoms with van der Waals surface area (Å²) in [5.41, 5.74) is -1.36. The zero-order valence-electron chi connectivity index (χ0n) is 12.3. The summed E-state index contributed by atoms with van der Waals surface area (Å²) in [6.45, 7) is 3.08. The van der Waals surface area contributed by atoms with Crippen molar-refractivity contribution in [3.63, 3.8) is 0 Å². The molecule has 1 heterocycles. The number of hydrogen-bond donors (Lipinski definition) is 1. The molecular formula is C15H24O5. The van der Waals surface area contributed by atoms with E-state index in [2.05, 4.69) is 0 Å². The minimum absolute atomic E-state index is 0.258. The monoisotopic (exact) mass is 284 g/mol. The molecule has 0 radical (unpaired) electrons. The van der Waals surface area contributed by atoms with E-state index in [1.165, 1.54) is 7.11 Å². The molecule has 0 amide bonds. The van der Waals surface area contributed by atoms with Gasteiger partial charge in [-0.2, -0.15) is 0 Å². The lowest BCUT2D eigenvalue weighted by Gasteiger charge is -2.58. The fourth-order valence-corrected chi connectivity index (χ4v) is 4.47. The number of aliphatic hydroxyl groups is 1. The smallest absolute Gasteiger partial charge is 0.309 e. The molecule has 3 aliphatic rings. The predicted molar refractivity (Wildman–Crippen MR) is 70.9 cm³/mol. The van der Waals surface area contributed by atoms with Gasteiger partial charge in [-0.05, 0) is 12.8 Å². The van der Waals surface area contributed by atoms with Crippen molar-refractivity contribution in [3.05, 3.63) is 0 Å². The fraction of sp³-hybridized carbons (Fsp3) is 0.933. The van der Waals surface area contributed by atoms with Crippen LogP contribution in [0.3, 0.4) is 0 Å². The summed E-state index contributed by atoms with van der Waals surface area (Å²) in [4.78, 5) is 12.3. The van der Waals surface area contributed by atoms with E-state index in [4.69, 9.17) is 14.2 Å². The average molecular weight is 284 g/mol. The summed E-state index contributed by atoms with van der Waals surface area (Å²) in [7, 11) is 1.41. The van der Waals surface area contributed by atoms with Crippen LogP contribution in [0.5, 0.6) is 0 Å². The number of ether oxygens (including phenoxy) is 3. The molecule has 5 nitrogen and oxygen atoms in total. The summed E-state index contributed by atoms with van der Waals surface area (Å²) < 4.78 is 16.5. The number of carbonyl (C=O) groups is 1. The van der Waals surface area contributed by atoms with E-state index in [0.717, 1.165) is 19.3 Å². The molecule has 114 valence electrons. The Kier molecular flexibility index (Phi) is 3.35. The Morgan fingerprint density at radius 1 is 1.25 bits per heavy atom. The van der Waals surface area contributed by atoms with E-state index in [1.807, 2.05) is 6.92 Å². The molecule has 1 saturated heterocycles. The number of fused-ring (bicyclic) bond motifs is 1. The van der Waals surface area contributed by atoms with Crippen molar-refractivity contribution >= 4 is 5.97 Å². The van der Waals surface area contributed by atoms with Crippen LogP contribution < -0.4 is 0 Å². The third-order valence-electron chi connectivity index (χ3n) is 5.74. The van der Waals surface area contributed by atoms with Crippen molar-refractivity contribution in [2.75, 3.05) is 20.3 Å². The lowest BCUT2D eigenvalue weighted by Crippen LogP contribution is -2.64. The largest absolute Gasteiger partial charge is 0.469 e. The van der Waals surface area contributed by atoms with Crippen molar-refractivity contribution in [3.8, 4) is 0 Å². The average Bonchev–Trinajstić information content (AvgIpc) is 2.86. The highest BCUT2D eigenvalue weighted by atomic mass is 16.7. The second kappa shape index (κ2) is 4.68. The molecule has 3 atom stereocenters. The molecule has 3 rings (SSSR count). The van der Waals surface area contributed by atoms with Crippen LogP contribution in [0.25, 0.3) is 0 Å². The number of hydrogen-bond acceptors (Lipinski definition) is 5. The number of esters is 1. The van der Waals surface area contributed by atoms with Crippen LogP contribution in [-0.2, 0) is 19.0 Å². The molecule has 0 unspecified atom stereocenters. The Morgan fingerprint density at radius 2 is 1.90 bits per heavy atom. The van der Waals surface area contributed by atoms with Crippen molar-refractivity contribution in [1.29, 1.82) is 0 Å². The molecule has 2 saturated carbocycles. The third-order valence-corrected chi connectivity index (χ3v) is 5.74. The topological polar surface area (TPSA) is 65.0 Å². The lowest BCUT2D eigenvalue weighted by atomic mass is 9.51. The van der Waals surface area contributed by atoms with Gasteiger partial charge >= 0.3 is 5.97 Å². The molecule has 0 aromatic carbocycles.